The average Bonchev–Trinajstić information content (AvgIpc) is 3.02. The van der Waals surface area contributed by atoms with E-state index in [1.807, 2.05) is 6.92 Å². The summed E-state index contributed by atoms with van der Waals surface area (Å²) >= 11 is 0. The van der Waals surface area contributed by atoms with Gasteiger partial charge in [0, 0.05) is 6.07 Å². The van der Waals surface area contributed by atoms with E-state index in [-0.39, 0.29) is 23.8 Å². The van der Waals surface area contributed by atoms with Crippen molar-refractivity contribution in [3.05, 3.63) is 47.6 Å². The van der Waals surface area contributed by atoms with Crippen LogP contribution >= 0.6 is 0 Å². The molecule has 2 N–H and O–H groups in total. The standard InChI is InChI=1S/C16H17FN2O5/c1-2-5-12(16(21)22)18-15(20)13-8-10(24-19-13)9-23-14-7-4-3-6-11(14)17/h3-4,6-8,12H,2,5,9H2,1H3,(H,18,20)(H,21,22). The second-order valence-electron chi connectivity index (χ2n) is 5.05. The number of rotatable bonds is 8. The molecule has 0 aliphatic heterocycles. The molecule has 1 amide bonds. The van der Waals surface area contributed by atoms with Crippen LogP contribution in [0.5, 0.6) is 5.75 Å². The zero-order valence-corrected chi connectivity index (χ0v) is 13.0. The minimum Gasteiger partial charge on any atom is -0.482 e. The molecule has 2 rings (SSSR count). The maximum atomic E-state index is 13.4. The maximum absolute atomic E-state index is 13.4. The molecule has 0 radical (unpaired) electrons. The number of halogens is 1. The van der Waals surface area contributed by atoms with Crippen LogP contribution in [0.4, 0.5) is 4.39 Å². The van der Waals surface area contributed by atoms with Crippen LogP contribution in [0, 0.1) is 5.82 Å². The third-order valence-electron chi connectivity index (χ3n) is 3.18. The van der Waals surface area contributed by atoms with Crippen molar-refractivity contribution in [1.82, 2.24) is 10.5 Å². The molecule has 1 aromatic heterocycles. The Morgan fingerprint density at radius 3 is 2.83 bits per heavy atom. The molecule has 0 aliphatic rings. The maximum Gasteiger partial charge on any atom is 0.326 e. The molecule has 0 spiro atoms. The number of carbonyl (C=O) groups excluding carboxylic acids is 1. The van der Waals surface area contributed by atoms with Gasteiger partial charge in [-0.1, -0.05) is 30.6 Å². The number of hydrogen-bond acceptors (Lipinski definition) is 5. The summed E-state index contributed by atoms with van der Waals surface area (Å²) in [5.74, 6) is -2.02. The van der Waals surface area contributed by atoms with E-state index in [2.05, 4.69) is 10.5 Å². The predicted octanol–water partition coefficient (Wildman–Crippen LogP) is 2.38. The molecule has 8 heteroatoms. The van der Waals surface area contributed by atoms with Gasteiger partial charge in [0.25, 0.3) is 5.91 Å². The number of amides is 1. The minimum atomic E-state index is -1.11. The van der Waals surface area contributed by atoms with Crippen molar-refractivity contribution in [3.8, 4) is 5.75 Å². The van der Waals surface area contributed by atoms with Crippen LogP contribution in [0.1, 0.15) is 36.0 Å². The van der Waals surface area contributed by atoms with Crippen LogP contribution in [0.2, 0.25) is 0 Å². The van der Waals surface area contributed by atoms with Gasteiger partial charge in [-0.2, -0.15) is 0 Å². The van der Waals surface area contributed by atoms with Gasteiger partial charge in [-0.3, -0.25) is 4.79 Å². The van der Waals surface area contributed by atoms with E-state index >= 15 is 0 Å². The van der Waals surface area contributed by atoms with Gasteiger partial charge in [0.1, 0.15) is 12.6 Å². The molecule has 0 saturated heterocycles. The summed E-state index contributed by atoms with van der Waals surface area (Å²) in [5.41, 5.74) is -0.0653. The summed E-state index contributed by atoms with van der Waals surface area (Å²) < 4.78 is 23.6. The highest BCUT2D eigenvalue weighted by molar-refractivity contribution is 5.94. The largest absolute Gasteiger partial charge is 0.482 e. The van der Waals surface area contributed by atoms with Crippen molar-refractivity contribution in [2.24, 2.45) is 0 Å². The normalized spacial score (nSPS) is 11.8. The number of carbonyl (C=O) groups is 2. The van der Waals surface area contributed by atoms with Crippen LogP contribution in [-0.2, 0) is 11.4 Å². The van der Waals surface area contributed by atoms with Gasteiger partial charge in [0.15, 0.2) is 23.0 Å². The molecule has 128 valence electrons. The second kappa shape index (κ2) is 8.09. The summed E-state index contributed by atoms with van der Waals surface area (Å²) in [4.78, 5) is 23.0. The number of hydrogen-bond donors (Lipinski definition) is 2. The topological polar surface area (TPSA) is 102 Å². The predicted molar refractivity (Wildman–Crippen MR) is 81.0 cm³/mol. The van der Waals surface area contributed by atoms with Crippen molar-refractivity contribution in [3.63, 3.8) is 0 Å². The van der Waals surface area contributed by atoms with E-state index < -0.39 is 23.7 Å². The molecule has 0 aliphatic carbocycles. The Labute approximate surface area is 137 Å². The van der Waals surface area contributed by atoms with Gasteiger partial charge >= 0.3 is 5.97 Å². The fourth-order valence-corrected chi connectivity index (χ4v) is 1.98. The average molecular weight is 336 g/mol. The Balaban J connectivity index is 1.96. The number of carboxylic acids is 1. The molecule has 1 unspecified atom stereocenters. The van der Waals surface area contributed by atoms with Gasteiger partial charge in [-0.05, 0) is 18.6 Å². The van der Waals surface area contributed by atoms with Crippen molar-refractivity contribution in [2.45, 2.75) is 32.4 Å². The minimum absolute atomic E-state index is 0.0498. The van der Waals surface area contributed by atoms with Gasteiger partial charge in [-0.25, -0.2) is 9.18 Å². The zero-order chi connectivity index (χ0) is 17.5. The molecule has 2 aromatic rings. The number of benzene rings is 1. The summed E-state index contributed by atoms with van der Waals surface area (Å²) in [7, 11) is 0. The SMILES string of the molecule is CCCC(NC(=O)c1cc(COc2ccccc2F)on1)C(=O)O. The van der Waals surface area contributed by atoms with Crippen LogP contribution in [0.15, 0.2) is 34.9 Å². The van der Waals surface area contributed by atoms with Crippen molar-refractivity contribution >= 4 is 11.9 Å². The lowest BCUT2D eigenvalue weighted by molar-refractivity contribution is -0.139. The van der Waals surface area contributed by atoms with E-state index in [9.17, 15) is 14.0 Å². The highest BCUT2D eigenvalue weighted by atomic mass is 19.1. The molecule has 24 heavy (non-hydrogen) atoms. The Bertz CT molecular complexity index is 716. The van der Waals surface area contributed by atoms with Gasteiger partial charge in [-0.15, -0.1) is 0 Å². The Kier molecular flexibility index (Phi) is 5.89. The van der Waals surface area contributed by atoms with E-state index in [0.717, 1.165) is 0 Å². The van der Waals surface area contributed by atoms with E-state index in [1.165, 1.54) is 24.3 Å². The van der Waals surface area contributed by atoms with Crippen LogP contribution in [0.3, 0.4) is 0 Å². The lowest BCUT2D eigenvalue weighted by atomic mass is 10.1. The molecular weight excluding hydrogens is 319 g/mol. The molecular formula is C16H17FN2O5. The van der Waals surface area contributed by atoms with Gasteiger partial charge in [0.05, 0.1) is 0 Å². The quantitative estimate of drug-likeness (QED) is 0.767. The molecule has 1 atom stereocenters. The number of para-hydroxylation sites is 1. The monoisotopic (exact) mass is 336 g/mol. The first kappa shape index (κ1) is 17.5. The van der Waals surface area contributed by atoms with Crippen molar-refractivity contribution in [1.29, 1.82) is 0 Å². The van der Waals surface area contributed by atoms with Gasteiger partial charge in [0.2, 0.25) is 0 Å². The summed E-state index contributed by atoms with van der Waals surface area (Å²) in [6, 6.07) is 6.21. The zero-order valence-electron chi connectivity index (χ0n) is 13.0. The summed E-state index contributed by atoms with van der Waals surface area (Å²) in [6.45, 7) is 1.70. The number of ether oxygens (including phenoxy) is 1. The highest BCUT2D eigenvalue weighted by Crippen LogP contribution is 2.17. The molecule has 0 bridgehead atoms. The first-order valence-electron chi connectivity index (χ1n) is 7.37. The molecule has 0 fully saturated rings. The molecule has 0 saturated carbocycles. The van der Waals surface area contributed by atoms with Gasteiger partial charge < -0.3 is 19.7 Å². The Morgan fingerprint density at radius 1 is 1.42 bits per heavy atom. The Hall–Kier alpha value is -2.90. The van der Waals surface area contributed by atoms with E-state index in [1.54, 1.807) is 6.07 Å². The number of nitrogens with one attached hydrogen (secondary N) is 1. The summed E-state index contributed by atoms with van der Waals surface area (Å²) in [6.07, 6.45) is 0.917. The second-order valence-corrected chi connectivity index (χ2v) is 5.05. The van der Waals surface area contributed by atoms with Crippen molar-refractivity contribution in [2.75, 3.05) is 0 Å². The van der Waals surface area contributed by atoms with Crippen molar-refractivity contribution < 1.29 is 28.3 Å². The lowest BCUT2D eigenvalue weighted by Gasteiger charge is -2.11. The fourth-order valence-electron chi connectivity index (χ4n) is 1.98. The molecule has 7 nitrogen and oxygen atoms in total. The number of aliphatic carboxylic acids is 1. The van der Waals surface area contributed by atoms with Crippen LogP contribution in [-0.4, -0.2) is 28.2 Å². The van der Waals surface area contributed by atoms with E-state index in [0.29, 0.717) is 12.8 Å². The first-order valence-corrected chi connectivity index (χ1v) is 7.37. The fraction of sp³-hybridized carbons (Fsp3) is 0.312. The van der Waals surface area contributed by atoms with Crippen LogP contribution < -0.4 is 10.1 Å². The highest BCUT2D eigenvalue weighted by Gasteiger charge is 2.22. The smallest absolute Gasteiger partial charge is 0.326 e. The van der Waals surface area contributed by atoms with Crippen LogP contribution in [0.25, 0.3) is 0 Å². The Morgan fingerprint density at radius 2 is 2.17 bits per heavy atom. The lowest BCUT2D eigenvalue weighted by Crippen LogP contribution is -2.40. The van der Waals surface area contributed by atoms with E-state index in [4.69, 9.17) is 14.4 Å². The molecule has 1 aromatic carbocycles. The number of aromatic nitrogens is 1. The third kappa shape index (κ3) is 4.55. The number of carboxylic acid groups (broad SMARTS) is 1. The first-order chi connectivity index (χ1) is 11.5. The third-order valence-corrected chi connectivity index (χ3v) is 3.18. The number of nitrogens with zero attached hydrogens (tertiary/aromatic N) is 1. The summed E-state index contributed by atoms with van der Waals surface area (Å²) in [5, 5.41) is 15.0. The molecule has 1 heterocycles.